The van der Waals surface area contributed by atoms with Gasteiger partial charge in [0.15, 0.2) is 11.6 Å². The van der Waals surface area contributed by atoms with Gasteiger partial charge in [0.2, 0.25) is 6.10 Å². The van der Waals surface area contributed by atoms with Crippen LogP contribution in [0.25, 0.3) is 0 Å². The summed E-state index contributed by atoms with van der Waals surface area (Å²) in [7, 11) is 0. The highest BCUT2D eigenvalue weighted by Crippen LogP contribution is 2.41. The van der Waals surface area contributed by atoms with Crippen molar-refractivity contribution in [1.82, 2.24) is 4.98 Å². The Morgan fingerprint density at radius 1 is 0.960 bits per heavy atom. The van der Waals surface area contributed by atoms with Crippen LogP contribution in [0.1, 0.15) is 11.6 Å². The molecule has 3 aromatic rings. The molecule has 1 aliphatic rings. The Labute approximate surface area is 144 Å². The first-order valence-electron chi connectivity index (χ1n) is 7.95. The second kappa shape index (κ2) is 6.36. The average Bonchev–Trinajstić information content (AvgIpc) is 2.66. The lowest BCUT2D eigenvalue weighted by Crippen LogP contribution is -2.61. The number of carbonyl (C=O) groups excluding carboxylic acids is 1. The minimum Gasteiger partial charge on any atom is -0.475 e. The van der Waals surface area contributed by atoms with Crippen molar-refractivity contribution in [2.75, 3.05) is 4.90 Å². The molecule has 0 bridgehead atoms. The molecule has 1 aromatic heterocycles. The van der Waals surface area contributed by atoms with Gasteiger partial charge < -0.3 is 4.74 Å². The molecule has 0 aliphatic carbocycles. The summed E-state index contributed by atoms with van der Waals surface area (Å²) in [5, 5.41) is 0. The van der Waals surface area contributed by atoms with Gasteiger partial charge in [0.25, 0.3) is 5.91 Å². The number of ether oxygens (including phenoxy) is 1. The molecule has 4 rings (SSSR count). The van der Waals surface area contributed by atoms with Crippen LogP contribution in [0.3, 0.4) is 0 Å². The third-order valence-corrected chi connectivity index (χ3v) is 4.20. The fraction of sp³-hybridized carbons (Fsp3) is 0.100. The molecule has 1 fully saturated rings. The Hall–Kier alpha value is -3.21. The molecule has 1 aliphatic heterocycles. The predicted molar refractivity (Wildman–Crippen MR) is 91.7 cm³/mol. The minimum atomic E-state index is -0.790. The lowest BCUT2D eigenvalue weighted by atomic mass is 9.90. The maximum absolute atomic E-state index is 13.9. The van der Waals surface area contributed by atoms with E-state index in [4.69, 9.17) is 4.74 Å². The van der Waals surface area contributed by atoms with Crippen LogP contribution in [0.2, 0.25) is 0 Å². The van der Waals surface area contributed by atoms with Crippen LogP contribution in [-0.4, -0.2) is 17.0 Å². The van der Waals surface area contributed by atoms with Gasteiger partial charge in [-0.1, -0.05) is 36.4 Å². The SMILES string of the molecule is O=C1C(Oc2ccccc2F)C(c2cccnc2)N1c1ccccc1. The number of para-hydroxylation sites is 2. The van der Waals surface area contributed by atoms with Crippen LogP contribution in [0.5, 0.6) is 5.75 Å². The van der Waals surface area contributed by atoms with Crippen LogP contribution in [0.4, 0.5) is 10.1 Å². The molecule has 0 radical (unpaired) electrons. The number of nitrogens with zero attached hydrogens (tertiary/aromatic N) is 2. The van der Waals surface area contributed by atoms with Crippen molar-refractivity contribution in [1.29, 1.82) is 0 Å². The molecule has 1 amide bonds. The van der Waals surface area contributed by atoms with Gasteiger partial charge in [-0.3, -0.25) is 14.7 Å². The molecule has 2 atom stereocenters. The number of benzene rings is 2. The lowest BCUT2D eigenvalue weighted by molar-refractivity contribution is -0.135. The number of anilines is 1. The first kappa shape index (κ1) is 15.3. The number of aromatic nitrogens is 1. The molecule has 0 saturated carbocycles. The lowest BCUT2D eigenvalue weighted by Gasteiger charge is -2.46. The topological polar surface area (TPSA) is 42.4 Å². The molecular weight excluding hydrogens is 319 g/mol. The third kappa shape index (κ3) is 2.74. The first-order valence-corrected chi connectivity index (χ1v) is 7.95. The molecule has 5 heteroatoms. The normalized spacial score (nSPS) is 19.4. The van der Waals surface area contributed by atoms with Gasteiger partial charge in [0.1, 0.15) is 6.04 Å². The van der Waals surface area contributed by atoms with Crippen LogP contribution < -0.4 is 9.64 Å². The number of halogens is 1. The maximum Gasteiger partial charge on any atom is 0.271 e. The second-order valence-electron chi connectivity index (χ2n) is 5.74. The average molecular weight is 334 g/mol. The van der Waals surface area contributed by atoms with Gasteiger partial charge in [0, 0.05) is 18.1 Å². The third-order valence-electron chi connectivity index (χ3n) is 4.20. The van der Waals surface area contributed by atoms with Gasteiger partial charge in [0.05, 0.1) is 0 Å². The first-order chi connectivity index (χ1) is 12.3. The summed E-state index contributed by atoms with van der Waals surface area (Å²) < 4.78 is 19.6. The molecule has 0 spiro atoms. The zero-order valence-corrected chi connectivity index (χ0v) is 13.2. The van der Waals surface area contributed by atoms with Gasteiger partial charge in [-0.05, 0) is 35.9 Å². The highest BCUT2D eigenvalue weighted by atomic mass is 19.1. The molecule has 2 aromatic carbocycles. The van der Waals surface area contributed by atoms with Crippen LogP contribution in [0, 0.1) is 5.82 Å². The Kier molecular flexibility index (Phi) is 3.90. The fourth-order valence-corrected chi connectivity index (χ4v) is 3.01. The summed E-state index contributed by atoms with van der Waals surface area (Å²) in [5.74, 6) is -0.621. The molecule has 1 saturated heterocycles. The van der Waals surface area contributed by atoms with Crippen molar-refractivity contribution >= 4 is 11.6 Å². The van der Waals surface area contributed by atoms with E-state index in [0.29, 0.717) is 0 Å². The van der Waals surface area contributed by atoms with Crippen LogP contribution in [-0.2, 0) is 4.79 Å². The van der Waals surface area contributed by atoms with Crippen LogP contribution >= 0.6 is 0 Å². The standard InChI is InChI=1S/C20H15FN2O2/c21-16-10-4-5-11-17(16)25-19-18(14-7-6-12-22-13-14)23(20(19)24)15-8-2-1-3-9-15/h1-13,18-19H. The Morgan fingerprint density at radius 3 is 2.44 bits per heavy atom. The van der Waals surface area contributed by atoms with Crippen molar-refractivity contribution in [3.63, 3.8) is 0 Å². The number of β-lactam (4-membered cyclic amide) rings is 1. The highest BCUT2D eigenvalue weighted by Gasteiger charge is 2.51. The van der Waals surface area contributed by atoms with E-state index in [2.05, 4.69) is 4.98 Å². The van der Waals surface area contributed by atoms with Gasteiger partial charge in [-0.2, -0.15) is 0 Å². The zero-order valence-electron chi connectivity index (χ0n) is 13.2. The Bertz CT molecular complexity index is 886. The van der Waals surface area contributed by atoms with E-state index in [1.165, 1.54) is 12.1 Å². The number of carbonyl (C=O) groups is 1. The largest absolute Gasteiger partial charge is 0.475 e. The number of hydrogen-bond donors (Lipinski definition) is 0. The van der Waals surface area contributed by atoms with Crippen molar-refractivity contribution < 1.29 is 13.9 Å². The van der Waals surface area contributed by atoms with Gasteiger partial charge in [-0.25, -0.2) is 4.39 Å². The summed E-state index contributed by atoms with van der Waals surface area (Å²) in [6, 6.07) is 18.8. The monoisotopic (exact) mass is 334 g/mol. The van der Waals surface area contributed by atoms with Crippen LogP contribution in [0.15, 0.2) is 79.1 Å². The van der Waals surface area contributed by atoms with Crippen molar-refractivity contribution in [2.24, 2.45) is 0 Å². The number of hydrogen-bond acceptors (Lipinski definition) is 3. The fourth-order valence-electron chi connectivity index (χ4n) is 3.01. The summed E-state index contributed by atoms with van der Waals surface area (Å²) in [5.41, 5.74) is 1.61. The van der Waals surface area contributed by atoms with E-state index >= 15 is 0 Å². The second-order valence-corrected chi connectivity index (χ2v) is 5.74. The van der Waals surface area contributed by atoms with Crippen molar-refractivity contribution in [3.8, 4) is 5.75 Å². The summed E-state index contributed by atoms with van der Waals surface area (Å²) in [4.78, 5) is 18.5. The predicted octanol–water partition coefficient (Wildman–Crippen LogP) is 3.76. The van der Waals surface area contributed by atoms with Crippen molar-refractivity contribution in [2.45, 2.75) is 12.1 Å². The van der Waals surface area contributed by atoms with E-state index in [9.17, 15) is 9.18 Å². The minimum absolute atomic E-state index is 0.0717. The quantitative estimate of drug-likeness (QED) is 0.682. The van der Waals surface area contributed by atoms with Gasteiger partial charge >= 0.3 is 0 Å². The Balaban J connectivity index is 1.69. The highest BCUT2D eigenvalue weighted by molar-refractivity contribution is 6.05. The number of amides is 1. The number of rotatable bonds is 4. The van der Waals surface area contributed by atoms with E-state index in [1.807, 2.05) is 42.5 Å². The van der Waals surface area contributed by atoms with E-state index in [-0.39, 0.29) is 17.7 Å². The molecular formula is C20H15FN2O2. The molecule has 4 nitrogen and oxygen atoms in total. The maximum atomic E-state index is 13.9. The van der Waals surface area contributed by atoms with E-state index in [1.54, 1.807) is 29.4 Å². The number of pyridine rings is 1. The molecule has 2 unspecified atom stereocenters. The summed E-state index contributed by atoms with van der Waals surface area (Å²) in [6.45, 7) is 0. The summed E-state index contributed by atoms with van der Waals surface area (Å²) in [6.07, 6.45) is 2.58. The van der Waals surface area contributed by atoms with Crippen molar-refractivity contribution in [3.05, 3.63) is 90.5 Å². The molecule has 124 valence electrons. The molecule has 25 heavy (non-hydrogen) atoms. The smallest absolute Gasteiger partial charge is 0.271 e. The van der Waals surface area contributed by atoms with E-state index < -0.39 is 11.9 Å². The molecule has 0 N–H and O–H groups in total. The molecule has 2 heterocycles. The van der Waals surface area contributed by atoms with Gasteiger partial charge in [-0.15, -0.1) is 0 Å². The summed E-state index contributed by atoms with van der Waals surface area (Å²) >= 11 is 0. The Morgan fingerprint density at radius 2 is 1.72 bits per heavy atom. The zero-order chi connectivity index (χ0) is 17.2. The van der Waals surface area contributed by atoms with E-state index in [0.717, 1.165) is 11.3 Å².